The summed E-state index contributed by atoms with van der Waals surface area (Å²) in [7, 11) is -1.01. The summed E-state index contributed by atoms with van der Waals surface area (Å²) in [6.45, 7) is 1.94. The molecule has 1 N–H and O–H groups in total. The molecule has 0 bridgehead atoms. The third kappa shape index (κ3) is 3.63. The van der Waals surface area contributed by atoms with Crippen molar-refractivity contribution in [2.75, 3.05) is 19.4 Å². The van der Waals surface area contributed by atoms with Gasteiger partial charge in [0.15, 0.2) is 0 Å². The summed E-state index contributed by atoms with van der Waals surface area (Å²) in [4.78, 5) is 12.3. The molecule has 0 aliphatic heterocycles. The van der Waals surface area contributed by atoms with Crippen LogP contribution in [0.3, 0.4) is 0 Å². The first-order chi connectivity index (χ1) is 11.3. The van der Waals surface area contributed by atoms with Crippen molar-refractivity contribution in [2.24, 2.45) is 0 Å². The normalized spacial score (nSPS) is 11.5. The smallest absolute Gasteiger partial charge is 0.258 e. The number of amides is 1. The lowest BCUT2D eigenvalue weighted by Crippen LogP contribution is -2.23. The van der Waals surface area contributed by atoms with Gasteiger partial charge in [-0.2, -0.15) is 0 Å². The van der Waals surface area contributed by atoms with Gasteiger partial charge in [0.25, 0.3) is 5.91 Å². The van der Waals surface area contributed by atoms with E-state index in [-0.39, 0.29) is 10.5 Å². The molecule has 0 radical (unpaired) electrons. The second-order valence-electron chi connectivity index (χ2n) is 5.39. The Morgan fingerprint density at radius 3 is 2.46 bits per heavy atom. The van der Waals surface area contributed by atoms with Gasteiger partial charge < -0.3 is 5.32 Å². The Bertz CT molecular complexity index is 864. The van der Waals surface area contributed by atoms with Gasteiger partial charge in [-0.15, -0.1) is 0 Å². The van der Waals surface area contributed by atoms with Gasteiger partial charge in [-0.05, 0) is 36.2 Å². The van der Waals surface area contributed by atoms with Gasteiger partial charge in [0.2, 0.25) is 10.0 Å². The molecule has 0 saturated heterocycles. The lowest BCUT2D eigenvalue weighted by atomic mass is 10.1. The van der Waals surface area contributed by atoms with Crippen LogP contribution in [0.25, 0.3) is 0 Å². The monoisotopic (exact) mass is 350 g/mol. The Morgan fingerprint density at radius 2 is 1.83 bits per heavy atom. The molecule has 0 heterocycles. The molecule has 0 aliphatic rings. The molecule has 0 aliphatic carbocycles. The van der Waals surface area contributed by atoms with Crippen LogP contribution in [0.15, 0.2) is 47.4 Å². The first-order valence-electron chi connectivity index (χ1n) is 7.38. The number of nitrogens with one attached hydrogen (secondary N) is 1. The van der Waals surface area contributed by atoms with Gasteiger partial charge in [-0.3, -0.25) is 4.79 Å². The largest absolute Gasteiger partial charge is 0.322 e. The van der Waals surface area contributed by atoms with Gasteiger partial charge in [0, 0.05) is 19.8 Å². The number of anilines is 1. The van der Waals surface area contributed by atoms with Crippen molar-refractivity contribution >= 4 is 21.6 Å². The highest BCUT2D eigenvalue weighted by Crippen LogP contribution is 2.21. The Hall–Kier alpha value is -2.25. The maximum absolute atomic E-state index is 14.0. The molecule has 1 amide bonds. The molecule has 5 nitrogen and oxygen atoms in total. The number of hydrogen-bond acceptors (Lipinski definition) is 3. The minimum atomic E-state index is -3.75. The first-order valence-corrected chi connectivity index (χ1v) is 8.82. The number of nitrogens with zero attached hydrogens (tertiary/aromatic N) is 1. The zero-order chi connectivity index (χ0) is 17.9. The standard InChI is InChI=1S/C17H19FN2O3S/c1-4-12-7-5-6-8-16(12)19-17(21)14-11-13(9-10-15(14)18)24(22,23)20(2)3/h5-11H,4H2,1-3H3,(H,19,21). The number of carbonyl (C=O) groups is 1. The average molecular weight is 350 g/mol. The summed E-state index contributed by atoms with van der Waals surface area (Å²) in [6, 6.07) is 10.4. The fraction of sp³-hybridized carbons (Fsp3) is 0.235. The zero-order valence-electron chi connectivity index (χ0n) is 13.7. The van der Waals surface area contributed by atoms with Crippen LogP contribution in [-0.4, -0.2) is 32.7 Å². The average Bonchev–Trinajstić information content (AvgIpc) is 2.55. The highest BCUT2D eigenvalue weighted by atomic mass is 32.2. The third-order valence-corrected chi connectivity index (χ3v) is 5.42. The Kier molecular flexibility index (Phi) is 5.36. The van der Waals surface area contributed by atoms with Crippen LogP contribution in [-0.2, 0) is 16.4 Å². The Labute approximate surface area is 141 Å². The van der Waals surface area contributed by atoms with Crippen molar-refractivity contribution in [1.82, 2.24) is 4.31 Å². The van der Waals surface area contributed by atoms with Crippen LogP contribution in [0.2, 0.25) is 0 Å². The fourth-order valence-corrected chi connectivity index (χ4v) is 3.12. The van der Waals surface area contributed by atoms with E-state index < -0.39 is 21.7 Å². The van der Waals surface area contributed by atoms with Crippen molar-refractivity contribution in [3.63, 3.8) is 0 Å². The van der Waals surface area contributed by atoms with E-state index in [1.54, 1.807) is 12.1 Å². The molecule has 0 atom stereocenters. The summed E-state index contributed by atoms with van der Waals surface area (Å²) in [5.41, 5.74) is 1.16. The number of aryl methyl sites for hydroxylation is 1. The maximum Gasteiger partial charge on any atom is 0.258 e. The predicted molar refractivity (Wildman–Crippen MR) is 91.0 cm³/mol. The first kappa shape index (κ1) is 18.1. The second-order valence-corrected chi connectivity index (χ2v) is 7.55. The molecule has 0 unspecified atom stereocenters. The third-order valence-electron chi connectivity index (χ3n) is 3.61. The van der Waals surface area contributed by atoms with E-state index in [0.29, 0.717) is 12.1 Å². The number of rotatable bonds is 5. The van der Waals surface area contributed by atoms with Gasteiger partial charge >= 0.3 is 0 Å². The van der Waals surface area contributed by atoms with Crippen molar-refractivity contribution in [3.05, 3.63) is 59.4 Å². The minimum Gasteiger partial charge on any atom is -0.322 e. The number of benzene rings is 2. The lowest BCUT2D eigenvalue weighted by molar-refractivity contribution is 0.102. The second kappa shape index (κ2) is 7.11. The lowest BCUT2D eigenvalue weighted by Gasteiger charge is -2.13. The highest BCUT2D eigenvalue weighted by Gasteiger charge is 2.21. The van der Waals surface area contributed by atoms with Crippen LogP contribution in [0.4, 0.5) is 10.1 Å². The number of sulfonamides is 1. The van der Waals surface area contributed by atoms with Crippen LogP contribution in [0.5, 0.6) is 0 Å². The van der Waals surface area contributed by atoms with E-state index in [4.69, 9.17) is 0 Å². The van der Waals surface area contributed by atoms with E-state index in [1.807, 2.05) is 19.1 Å². The van der Waals surface area contributed by atoms with E-state index in [9.17, 15) is 17.6 Å². The molecule has 2 aromatic carbocycles. The van der Waals surface area contributed by atoms with Crippen LogP contribution >= 0.6 is 0 Å². The molecule has 0 aromatic heterocycles. The predicted octanol–water partition coefficient (Wildman–Crippen LogP) is 2.89. The molecule has 24 heavy (non-hydrogen) atoms. The number of hydrogen-bond donors (Lipinski definition) is 1. The minimum absolute atomic E-state index is 0.136. The molecule has 128 valence electrons. The molecular weight excluding hydrogens is 331 g/mol. The molecule has 0 saturated carbocycles. The number of carbonyl (C=O) groups excluding carboxylic acids is 1. The van der Waals surface area contributed by atoms with E-state index >= 15 is 0 Å². The highest BCUT2D eigenvalue weighted by molar-refractivity contribution is 7.89. The van der Waals surface area contributed by atoms with E-state index in [2.05, 4.69) is 5.32 Å². The summed E-state index contributed by atoms with van der Waals surface area (Å²) in [6.07, 6.45) is 0.702. The number of halogens is 1. The topological polar surface area (TPSA) is 66.5 Å². The van der Waals surface area contributed by atoms with Crippen LogP contribution < -0.4 is 5.32 Å². The van der Waals surface area contributed by atoms with Crippen molar-refractivity contribution < 1.29 is 17.6 Å². The Morgan fingerprint density at radius 1 is 1.17 bits per heavy atom. The molecular formula is C17H19FN2O3S. The van der Waals surface area contributed by atoms with Gasteiger partial charge in [-0.1, -0.05) is 25.1 Å². The van der Waals surface area contributed by atoms with E-state index in [0.717, 1.165) is 28.1 Å². The molecule has 2 rings (SSSR count). The Balaban J connectivity index is 2.40. The van der Waals surface area contributed by atoms with Crippen molar-refractivity contribution in [3.8, 4) is 0 Å². The van der Waals surface area contributed by atoms with Crippen LogP contribution in [0, 0.1) is 5.82 Å². The van der Waals surface area contributed by atoms with E-state index in [1.165, 1.54) is 14.1 Å². The van der Waals surface area contributed by atoms with Crippen molar-refractivity contribution in [2.45, 2.75) is 18.2 Å². The van der Waals surface area contributed by atoms with Crippen molar-refractivity contribution in [1.29, 1.82) is 0 Å². The summed E-state index contributed by atoms with van der Waals surface area (Å²) in [5.74, 6) is -1.47. The molecule has 2 aromatic rings. The van der Waals surface area contributed by atoms with Gasteiger partial charge in [-0.25, -0.2) is 17.1 Å². The summed E-state index contributed by atoms with van der Waals surface area (Å²) in [5, 5.41) is 2.64. The molecule has 0 spiro atoms. The quantitative estimate of drug-likeness (QED) is 0.902. The molecule has 0 fully saturated rings. The van der Waals surface area contributed by atoms with Gasteiger partial charge in [0.1, 0.15) is 5.82 Å². The number of para-hydroxylation sites is 1. The SMILES string of the molecule is CCc1ccccc1NC(=O)c1cc(S(=O)(=O)N(C)C)ccc1F. The van der Waals surface area contributed by atoms with Gasteiger partial charge in [0.05, 0.1) is 10.5 Å². The summed E-state index contributed by atoms with van der Waals surface area (Å²) < 4.78 is 39.3. The fourth-order valence-electron chi connectivity index (χ4n) is 2.19. The summed E-state index contributed by atoms with van der Waals surface area (Å²) >= 11 is 0. The zero-order valence-corrected chi connectivity index (χ0v) is 14.5. The molecule has 7 heteroatoms. The van der Waals surface area contributed by atoms with Crippen LogP contribution in [0.1, 0.15) is 22.8 Å². The maximum atomic E-state index is 14.0.